The zero-order chi connectivity index (χ0) is 29.9. The second kappa shape index (κ2) is 11.9. The quantitative estimate of drug-likeness (QED) is 0.311. The lowest BCUT2D eigenvalue weighted by atomic mass is 10.0. The van der Waals surface area contributed by atoms with Gasteiger partial charge in [0.15, 0.2) is 0 Å². The van der Waals surface area contributed by atoms with E-state index in [1.165, 1.54) is 37.3 Å². The lowest BCUT2D eigenvalue weighted by Crippen LogP contribution is -2.46. The van der Waals surface area contributed by atoms with Gasteiger partial charge in [-0.25, -0.2) is 22.8 Å². The third-order valence-electron chi connectivity index (χ3n) is 6.47. The lowest BCUT2D eigenvalue weighted by Gasteiger charge is -2.25. The van der Waals surface area contributed by atoms with Crippen molar-refractivity contribution in [3.05, 3.63) is 128 Å². The molecule has 1 heterocycles. The Hall–Kier alpha value is -4.60. The molecule has 0 radical (unpaired) electrons. The number of aromatic nitrogens is 2. The number of alkyl carbamates (subject to hydrolysis) is 1. The zero-order valence-electron chi connectivity index (χ0n) is 23.1. The van der Waals surface area contributed by atoms with Gasteiger partial charge in [-0.1, -0.05) is 54.6 Å². The van der Waals surface area contributed by atoms with E-state index in [1.807, 2.05) is 0 Å². The van der Waals surface area contributed by atoms with Gasteiger partial charge >= 0.3 is 11.8 Å². The normalized spacial score (nSPS) is 12.2. The standard InChI is InChI=1S/C31H30F3N3O4/c1-19-27(21-13-8-9-14-23(21)32)28(38)37(30(40)36(19)17-22-24(33)15-10-16-25(22)34)18-26(20-11-6-5-7-12-20)35-29(39)41-31(2,3)4/h5-16,26H,17-18H2,1-4H3,(H,35,39)/t26-/m0/s1. The smallest absolute Gasteiger partial charge is 0.408 e. The molecule has 0 fully saturated rings. The molecule has 0 aliphatic heterocycles. The highest BCUT2D eigenvalue weighted by Gasteiger charge is 2.26. The number of hydrogen-bond acceptors (Lipinski definition) is 4. The molecule has 0 saturated heterocycles. The summed E-state index contributed by atoms with van der Waals surface area (Å²) in [6, 6.07) is 16.5. The Morgan fingerprint density at radius 1 is 0.854 bits per heavy atom. The number of rotatable bonds is 7. The number of ether oxygens (including phenoxy) is 1. The third-order valence-corrected chi connectivity index (χ3v) is 6.47. The zero-order valence-corrected chi connectivity index (χ0v) is 23.1. The summed E-state index contributed by atoms with van der Waals surface area (Å²) in [5, 5.41) is 2.70. The summed E-state index contributed by atoms with van der Waals surface area (Å²) in [4.78, 5) is 40.4. The van der Waals surface area contributed by atoms with Gasteiger partial charge in [0, 0.05) is 16.8 Å². The van der Waals surface area contributed by atoms with Crippen molar-refractivity contribution in [2.75, 3.05) is 0 Å². The third kappa shape index (κ3) is 6.59. The lowest BCUT2D eigenvalue weighted by molar-refractivity contribution is 0.0497. The first-order valence-electron chi connectivity index (χ1n) is 12.9. The highest BCUT2D eigenvalue weighted by Crippen LogP contribution is 2.24. The molecular formula is C31H30F3N3O4. The van der Waals surface area contributed by atoms with Crippen LogP contribution in [0.2, 0.25) is 0 Å². The minimum Gasteiger partial charge on any atom is -0.444 e. The van der Waals surface area contributed by atoms with E-state index in [2.05, 4.69) is 5.32 Å². The van der Waals surface area contributed by atoms with Crippen LogP contribution in [0.5, 0.6) is 0 Å². The van der Waals surface area contributed by atoms with Crippen molar-refractivity contribution in [1.29, 1.82) is 0 Å². The Bertz CT molecular complexity index is 1670. The Morgan fingerprint density at radius 2 is 1.44 bits per heavy atom. The number of amides is 1. The Morgan fingerprint density at radius 3 is 2.05 bits per heavy atom. The first-order valence-corrected chi connectivity index (χ1v) is 12.9. The number of carbonyl (C=O) groups is 1. The van der Waals surface area contributed by atoms with Gasteiger partial charge in [-0.2, -0.15) is 0 Å². The molecule has 1 N–H and O–H groups in total. The number of nitrogens with zero attached hydrogens (tertiary/aromatic N) is 2. The summed E-state index contributed by atoms with van der Waals surface area (Å²) in [6.07, 6.45) is -0.783. The summed E-state index contributed by atoms with van der Waals surface area (Å²) < 4.78 is 51.5. The van der Waals surface area contributed by atoms with Crippen LogP contribution in [0, 0.1) is 24.4 Å². The van der Waals surface area contributed by atoms with Crippen molar-refractivity contribution in [2.24, 2.45) is 0 Å². The topological polar surface area (TPSA) is 82.3 Å². The van der Waals surface area contributed by atoms with Gasteiger partial charge in [0.25, 0.3) is 5.56 Å². The maximum atomic E-state index is 15.0. The summed E-state index contributed by atoms with van der Waals surface area (Å²) in [5.41, 5.74) is -2.57. The van der Waals surface area contributed by atoms with Gasteiger partial charge in [0.2, 0.25) is 0 Å². The molecule has 7 nitrogen and oxygen atoms in total. The number of benzene rings is 3. The van der Waals surface area contributed by atoms with Gasteiger partial charge in [-0.15, -0.1) is 0 Å². The fourth-order valence-electron chi connectivity index (χ4n) is 4.52. The van der Waals surface area contributed by atoms with E-state index in [-0.39, 0.29) is 23.4 Å². The summed E-state index contributed by atoms with van der Waals surface area (Å²) in [7, 11) is 0. The van der Waals surface area contributed by atoms with Crippen molar-refractivity contribution >= 4 is 6.09 Å². The van der Waals surface area contributed by atoms with E-state index >= 15 is 0 Å². The summed E-state index contributed by atoms with van der Waals surface area (Å²) in [6.45, 7) is 5.56. The fraction of sp³-hybridized carbons (Fsp3) is 0.258. The first kappa shape index (κ1) is 29.4. The molecule has 0 unspecified atom stereocenters. The van der Waals surface area contributed by atoms with Crippen LogP contribution in [0.3, 0.4) is 0 Å². The van der Waals surface area contributed by atoms with E-state index in [9.17, 15) is 27.6 Å². The minimum absolute atomic E-state index is 0.0281. The van der Waals surface area contributed by atoms with Gasteiger partial charge in [0.1, 0.15) is 23.1 Å². The molecule has 1 atom stereocenters. The largest absolute Gasteiger partial charge is 0.444 e. The second-order valence-corrected chi connectivity index (χ2v) is 10.5. The Balaban J connectivity index is 1.92. The van der Waals surface area contributed by atoms with Gasteiger partial charge in [-0.05, 0) is 51.5 Å². The number of hydrogen-bond donors (Lipinski definition) is 1. The minimum atomic E-state index is -0.925. The predicted molar refractivity (Wildman–Crippen MR) is 149 cm³/mol. The average molecular weight is 566 g/mol. The molecule has 0 saturated carbocycles. The van der Waals surface area contributed by atoms with Gasteiger partial charge in [-0.3, -0.25) is 13.9 Å². The molecule has 1 aromatic heterocycles. The molecule has 0 bridgehead atoms. The second-order valence-electron chi connectivity index (χ2n) is 10.5. The molecule has 3 aromatic carbocycles. The molecular weight excluding hydrogens is 535 g/mol. The molecule has 1 amide bonds. The molecule has 4 rings (SSSR count). The molecule has 0 aliphatic rings. The maximum Gasteiger partial charge on any atom is 0.408 e. The fourth-order valence-corrected chi connectivity index (χ4v) is 4.52. The van der Waals surface area contributed by atoms with E-state index in [0.29, 0.717) is 5.56 Å². The van der Waals surface area contributed by atoms with E-state index in [0.717, 1.165) is 21.3 Å². The van der Waals surface area contributed by atoms with Crippen LogP contribution >= 0.6 is 0 Å². The average Bonchev–Trinajstić information content (AvgIpc) is 2.90. The first-order chi connectivity index (χ1) is 19.4. The van der Waals surface area contributed by atoms with Crippen LogP contribution in [-0.2, 0) is 17.8 Å². The Kier molecular flexibility index (Phi) is 8.51. The molecule has 4 aromatic rings. The van der Waals surface area contributed by atoms with Gasteiger partial charge < -0.3 is 10.1 Å². The number of halogens is 3. The van der Waals surface area contributed by atoms with Crippen LogP contribution < -0.4 is 16.6 Å². The SMILES string of the molecule is Cc1c(-c2ccccc2F)c(=O)n(C[C@H](NC(=O)OC(C)(C)C)c2ccccc2)c(=O)n1Cc1c(F)cccc1F. The molecule has 214 valence electrons. The van der Waals surface area contributed by atoms with Crippen LogP contribution in [0.25, 0.3) is 11.1 Å². The van der Waals surface area contributed by atoms with Crippen molar-refractivity contribution in [2.45, 2.75) is 52.4 Å². The summed E-state index contributed by atoms with van der Waals surface area (Å²) >= 11 is 0. The molecule has 0 aliphatic carbocycles. The summed E-state index contributed by atoms with van der Waals surface area (Å²) in [5.74, 6) is -2.47. The molecule has 10 heteroatoms. The predicted octanol–water partition coefficient (Wildman–Crippen LogP) is 5.72. The van der Waals surface area contributed by atoms with E-state index in [1.54, 1.807) is 51.1 Å². The van der Waals surface area contributed by atoms with Crippen molar-refractivity contribution < 1.29 is 22.7 Å². The molecule has 41 heavy (non-hydrogen) atoms. The van der Waals surface area contributed by atoms with Crippen molar-refractivity contribution in [1.82, 2.24) is 14.5 Å². The highest BCUT2D eigenvalue weighted by atomic mass is 19.1. The van der Waals surface area contributed by atoms with E-state index in [4.69, 9.17) is 4.74 Å². The van der Waals surface area contributed by atoms with Crippen LogP contribution in [0.1, 0.15) is 43.6 Å². The highest BCUT2D eigenvalue weighted by molar-refractivity contribution is 5.68. The van der Waals surface area contributed by atoms with E-state index < -0.39 is 58.5 Å². The van der Waals surface area contributed by atoms with Gasteiger partial charge in [0.05, 0.1) is 24.7 Å². The van der Waals surface area contributed by atoms with Crippen LogP contribution in [0.15, 0.2) is 82.4 Å². The van der Waals surface area contributed by atoms with Crippen molar-refractivity contribution in [3.63, 3.8) is 0 Å². The monoisotopic (exact) mass is 565 g/mol. The molecule has 0 spiro atoms. The maximum absolute atomic E-state index is 15.0. The number of nitrogens with one attached hydrogen (secondary N) is 1. The van der Waals surface area contributed by atoms with Crippen LogP contribution in [-0.4, -0.2) is 20.8 Å². The van der Waals surface area contributed by atoms with Crippen LogP contribution in [0.4, 0.5) is 18.0 Å². The number of carbonyl (C=O) groups excluding carboxylic acids is 1. The van der Waals surface area contributed by atoms with Crippen molar-refractivity contribution in [3.8, 4) is 11.1 Å². The Labute approximate surface area is 234 Å².